The Bertz CT molecular complexity index is 653. The van der Waals surface area contributed by atoms with Gasteiger partial charge in [0, 0.05) is 5.69 Å². The van der Waals surface area contributed by atoms with Crippen LogP contribution in [0.1, 0.15) is 15.9 Å². The molecule has 0 unspecified atom stereocenters. The second-order valence-corrected chi connectivity index (χ2v) is 4.35. The van der Waals surface area contributed by atoms with Crippen LogP contribution in [0.2, 0.25) is 0 Å². The van der Waals surface area contributed by atoms with Gasteiger partial charge >= 0.3 is 12.1 Å². The first-order valence-electron chi connectivity index (χ1n) is 6.33. The number of anilines is 1. The lowest BCUT2D eigenvalue weighted by Crippen LogP contribution is -2.17. The summed E-state index contributed by atoms with van der Waals surface area (Å²) in [5, 5.41) is 2.63. The summed E-state index contributed by atoms with van der Waals surface area (Å²) in [5.41, 5.74) is 1.74. The van der Waals surface area contributed by atoms with E-state index in [1.54, 1.807) is 49.4 Å². The number of benzene rings is 2. The maximum Gasteiger partial charge on any atom is 0.417 e. The third-order valence-electron chi connectivity index (χ3n) is 2.84. The van der Waals surface area contributed by atoms with Crippen molar-refractivity contribution in [2.75, 3.05) is 12.4 Å². The lowest BCUT2D eigenvalue weighted by atomic mass is 10.1. The van der Waals surface area contributed by atoms with Crippen molar-refractivity contribution in [2.24, 2.45) is 0 Å². The summed E-state index contributed by atoms with van der Waals surface area (Å²) in [6, 6.07) is 13.6. The molecule has 0 spiro atoms. The van der Waals surface area contributed by atoms with Crippen molar-refractivity contribution in [2.45, 2.75) is 6.92 Å². The van der Waals surface area contributed by atoms with Crippen molar-refractivity contribution in [1.82, 2.24) is 0 Å². The summed E-state index contributed by atoms with van der Waals surface area (Å²) in [7, 11) is 1.32. The molecule has 0 bridgehead atoms. The van der Waals surface area contributed by atoms with E-state index in [4.69, 9.17) is 4.74 Å². The second-order valence-electron chi connectivity index (χ2n) is 4.35. The van der Waals surface area contributed by atoms with Crippen LogP contribution in [0.4, 0.5) is 10.5 Å². The summed E-state index contributed by atoms with van der Waals surface area (Å²) in [4.78, 5) is 23.2. The fraction of sp³-hybridized carbons (Fsp3) is 0.125. The van der Waals surface area contributed by atoms with Crippen LogP contribution in [-0.2, 0) is 4.74 Å². The van der Waals surface area contributed by atoms with Gasteiger partial charge in [-0.3, -0.25) is 5.32 Å². The van der Waals surface area contributed by atoms with Crippen LogP contribution in [0.25, 0.3) is 0 Å². The van der Waals surface area contributed by atoms with Crippen LogP contribution in [0.3, 0.4) is 0 Å². The number of carbonyl (C=O) groups is 2. The van der Waals surface area contributed by atoms with Crippen molar-refractivity contribution < 1.29 is 19.1 Å². The van der Waals surface area contributed by atoms with Gasteiger partial charge in [0.25, 0.3) is 0 Å². The molecule has 0 saturated carbocycles. The summed E-state index contributed by atoms with van der Waals surface area (Å²) in [5.74, 6) is 0.0374. The summed E-state index contributed by atoms with van der Waals surface area (Å²) >= 11 is 0. The van der Waals surface area contributed by atoms with Crippen LogP contribution in [0.15, 0.2) is 48.5 Å². The number of para-hydroxylation sites is 1. The average molecular weight is 285 g/mol. The second kappa shape index (κ2) is 6.56. The summed E-state index contributed by atoms with van der Waals surface area (Å²) in [6.45, 7) is 1.78. The van der Waals surface area contributed by atoms with E-state index in [0.717, 1.165) is 5.56 Å². The van der Waals surface area contributed by atoms with Gasteiger partial charge in [0.2, 0.25) is 0 Å². The Kier molecular flexibility index (Phi) is 4.56. The fourth-order valence-corrected chi connectivity index (χ4v) is 1.78. The van der Waals surface area contributed by atoms with Gasteiger partial charge in [0.15, 0.2) is 0 Å². The van der Waals surface area contributed by atoms with E-state index >= 15 is 0 Å². The van der Waals surface area contributed by atoms with E-state index < -0.39 is 12.1 Å². The normalized spacial score (nSPS) is 9.81. The number of esters is 1. The Hall–Kier alpha value is -2.82. The largest absolute Gasteiger partial charge is 0.465 e. The van der Waals surface area contributed by atoms with E-state index in [-0.39, 0.29) is 0 Å². The van der Waals surface area contributed by atoms with Gasteiger partial charge in [0.1, 0.15) is 5.75 Å². The predicted molar refractivity (Wildman–Crippen MR) is 78.6 cm³/mol. The van der Waals surface area contributed by atoms with E-state index in [9.17, 15) is 9.59 Å². The smallest absolute Gasteiger partial charge is 0.417 e. The number of aryl methyl sites for hydroxylation is 1. The van der Waals surface area contributed by atoms with E-state index in [0.29, 0.717) is 17.0 Å². The molecule has 0 atom stereocenters. The molecule has 0 fully saturated rings. The molecule has 1 amide bonds. The predicted octanol–water partition coefficient (Wildman–Crippen LogP) is 3.39. The molecule has 2 aromatic carbocycles. The molecule has 0 heterocycles. The molecular weight excluding hydrogens is 270 g/mol. The number of hydrogen-bond acceptors (Lipinski definition) is 4. The molecule has 0 radical (unpaired) electrons. The maximum absolute atomic E-state index is 11.8. The van der Waals surface area contributed by atoms with Crippen LogP contribution in [0, 0.1) is 6.92 Å². The highest BCUT2D eigenvalue weighted by Gasteiger charge is 2.10. The Morgan fingerprint density at radius 3 is 2.38 bits per heavy atom. The van der Waals surface area contributed by atoms with Gasteiger partial charge < -0.3 is 9.47 Å². The first-order valence-corrected chi connectivity index (χ1v) is 6.33. The number of ether oxygens (including phenoxy) is 2. The number of carbonyl (C=O) groups excluding carboxylic acids is 2. The molecule has 0 aliphatic rings. The zero-order chi connectivity index (χ0) is 15.2. The van der Waals surface area contributed by atoms with E-state index in [2.05, 4.69) is 10.1 Å². The van der Waals surface area contributed by atoms with Crippen LogP contribution in [-0.4, -0.2) is 19.2 Å². The first kappa shape index (κ1) is 14.6. The Labute approximate surface area is 122 Å². The van der Waals surface area contributed by atoms with Gasteiger partial charge in [0.05, 0.1) is 12.7 Å². The van der Waals surface area contributed by atoms with Gasteiger partial charge in [-0.2, -0.15) is 0 Å². The summed E-state index contributed by atoms with van der Waals surface area (Å²) in [6.07, 6.45) is -0.588. The average Bonchev–Trinajstić information content (AvgIpc) is 2.49. The molecule has 0 aromatic heterocycles. The minimum absolute atomic E-state index is 0.420. The third-order valence-corrected chi connectivity index (χ3v) is 2.84. The van der Waals surface area contributed by atoms with Gasteiger partial charge in [-0.25, -0.2) is 9.59 Å². The van der Waals surface area contributed by atoms with Crippen LogP contribution >= 0.6 is 0 Å². The molecule has 2 rings (SSSR count). The molecule has 0 aliphatic heterocycles. The molecule has 0 aliphatic carbocycles. The van der Waals surface area contributed by atoms with Crippen LogP contribution < -0.4 is 10.1 Å². The van der Waals surface area contributed by atoms with E-state index in [1.807, 2.05) is 6.07 Å². The molecule has 5 nitrogen and oxygen atoms in total. The third kappa shape index (κ3) is 3.82. The highest BCUT2D eigenvalue weighted by atomic mass is 16.6. The maximum atomic E-state index is 11.8. The highest BCUT2D eigenvalue weighted by Crippen LogP contribution is 2.18. The molecule has 21 heavy (non-hydrogen) atoms. The standard InChI is InChI=1S/C16H15NO4/c1-11-10-12(15(18)20-2)8-9-14(11)17-16(19)21-13-6-4-3-5-7-13/h3-10H,1-2H3,(H,17,19). The van der Waals surface area contributed by atoms with Gasteiger partial charge in [-0.15, -0.1) is 0 Å². The van der Waals surface area contributed by atoms with Crippen molar-refractivity contribution in [3.05, 3.63) is 59.7 Å². The first-order chi connectivity index (χ1) is 10.1. The molecule has 1 N–H and O–H groups in total. The minimum Gasteiger partial charge on any atom is -0.465 e. The minimum atomic E-state index is -0.588. The molecular formula is C16H15NO4. The quantitative estimate of drug-likeness (QED) is 0.878. The SMILES string of the molecule is COC(=O)c1ccc(NC(=O)Oc2ccccc2)c(C)c1. The van der Waals surface area contributed by atoms with Gasteiger partial charge in [-0.05, 0) is 42.8 Å². The Morgan fingerprint density at radius 2 is 1.76 bits per heavy atom. The lowest BCUT2D eigenvalue weighted by molar-refractivity contribution is 0.0600. The monoisotopic (exact) mass is 285 g/mol. The number of nitrogens with one attached hydrogen (secondary N) is 1. The molecule has 5 heteroatoms. The van der Waals surface area contributed by atoms with Crippen molar-refractivity contribution in [1.29, 1.82) is 0 Å². The topological polar surface area (TPSA) is 64.6 Å². The van der Waals surface area contributed by atoms with Crippen molar-refractivity contribution in [3.63, 3.8) is 0 Å². The Morgan fingerprint density at radius 1 is 1.05 bits per heavy atom. The van der Waals surface area contributed by atoms with Gasteiger partial charge in [-0.1, -0.05) is 18.2 Å². The number of amides is 1. The lowest BCUT2D eigenvalue weighted by Gasteiger charge is -2.10. The zero-order valence-corrected chi connectivity index (χ0v) is 11.8. The Balaban J connectivity index is 2.06. The van der Waals surface area contributed by atoms with Crippen molar-refractivity contribution >= 4 is 17.7 Å². The van der Waals surface area contributed by atoms with Crippen LogP contribution in [0.5, 0.6) is 5.75 Å². The molecule has 2 aromatic rings. The number of methoxy groups -OCH3 is 1. The fourth-order valence-electron chi connectivity index (χ4n) is 1.78. The van der Waals surface area contributed by atoms with E-state index in [1.165, 1.54) is 7.11 Å². The molecule has 0 saturated heterocycles. The molecule has 108 valence electrons. The van der Waals surface area contributed by atoms with Crippen molar-refractivity contribution in [3.8, 4) is 5.75 Å². The summed E-state index contributed by atoms with van der Waals surface area (Å²) < 4.78 is 9.77. The zero-order valence-electron chi connectivity index (χ0n) is 11.8. The highest BCUT2D eigenvalue weighted by molar-refractivity contribution is 5.92. The number of hydrogen-bond donors (Lipinski definition) is 1. The number of rotatable bonds is 3.